The highest BCUT2D eigenvalue weighted by atomic mass is 28.4. The first-order chi connectivity index (χ1) is 8.10. The lowest BCUT2D eigenvalue weighted by Crippen LogP contribution is -2.40. The second-order valence-corrected chi connectivity index (χ2v) is 10.7. The summed E-state index contributed by atoms with van der Waals surface area (Å²) in [5.74, 6) is 0.683. The normalized spacial score (nSPS) is 20.5. The van der Waals surface area contributed by atoms with Crippen LogP contribution < -0.4 is 0 Å². The third-order valence-electron chi connectivity index (χ3n) is 2.58. The quantitative estimate of drug-likeness (QED) is 0.653. The maximum Gasteiger partial charge on any atom is 0.464 e. The van der Waals surface area contributed by atoms with Gasteiger partial charge in [0.15, 0.2) is 0 Å². The predicted molar refractivity (Wildman–Crippen MR) is 76.7 cm³/mol. The van der Waals surface area contributed by atoms with Crippen molar-refractivity contribution in [2.45, 2.75) is 26.2 Å². The number of rotatable bonds is 2. The highest BCUT2D eigenvalue weighted by molar-refractivity contribution is 6.78. The van der Waals surface area contributed by atoms with Crippen LogP contribution in [-0.2, 0) is 16.5 Å². The molecule has 1 saturated heterocycles. The predicted octanol–water partition coefficient (Wildman–Crippen LogP) is -0.366. The Labute approximate surface area is 108 Å². The van der Waals surface area contributed by atoms with Crippen LogP contribution in [0.25, 0.3) is 0 Å². The van der Waals surface area contributed by atoms with Gasteiger partial charge >= 0.3 is 35.6 Å². The lowest BCUT2D eigenvalue weighted by Gasteiger charge is -2.21. The van der Waals surface area contributed by atoms with Crippen molar-refractivity contribution in [3.63, 3.8) is 0 Å². The maximum absolute atomic E-state index is 5.89. The monoisotopic (exact) mass is 300 g/mol. The molecule has 17 heavy (non-hydrogen) atoms. The molecule has 4 nitrogen and oxygen atoms in total. The van der Waals surface area contributed by atoms with Crippen LogP contribution in [0.5, 0.6) is 0 Å². The van der Waals surface area contributed by atoms with Gasteiger partial charge < -0.3 is 16.5 Å². The Hall–Kier alpha value is -0.452. The van der Waals surface area contributed by atoms with Crippen molar-refractivity contribution in [2.24, 2.45) is 5.92 Å². The molecule has 0 aromatic carbocycles. The van der Waals surface area contributed by atoms with Gasteiger partial charge in [0, 0.05) is 0 Å². The maximum atomic E-state index is 5.89. The summed E-state index contributed by atoms with van der Waals surface area (Å²) in [4.78, 5) is 0. The van der Waals surface area contributed by atoms with E-state index in [9.17, 15) is 0 Å². The van der Waals surface area contributed by atoms with Gasteiger partial charge in [-0.15, -0.1) is 0 Å². The fraction of sp³-hybridized carbons (Fsp3) is 0.556. The Kier molecular flexibility index (Phi) is 4.17. The molecule has 0 atom stereocenters. The van der Waals surface area contributed by atoms with E-state index < -0.39 is 35.6 Å². The van der Waals surface area contributed by atoms with Crippen LogP contribution >= 0.6 is 0 Å². The highest BCUT2D eigenvalue weighted by Crippen LogP contribution is 2.31. The molecule has 2 rings (SSSR count). The van der Waals surface area contributed by atoms with Crippen molar-refractivity contribution >= 4 is 59.3 Å². The van der Waals surface area contributed by atoms with E-state index in [2.05, 4.69) is 25.4 Å². The Morgan fingerprint density at radius 3 is 1.88 bits per heavy atom. The van der Waals surface area contributed by atoms with Gasteiger partial charge in [0.2, 0.25) is 0 Å². The summed E-state index contributed by atoms with van der Waals surface area (Å²) in [5, 5.41) is 1.40. The van der Waals surface area contributed by atoms with E-state index in [1.54, 1.807) is 0 Å². The fourth-order valence-corrected chi connectivity index (χ4v) is 9.52. The SMILES string of the molecule is C=[Si]1O[Si](=C)O[Si](=C(CC)C2CC2)O[Si](=C)O1. The van der Waals surface area contributed by atoms with Gasteiger partial charge in [-0.3, -0.25) is 0 Å². The summed E-state index contributed by atoms with van der Waals surface area (Å²) in [7, 11) is -6.04. The summed E-state index contributed by atoms with van der Waals surface area (Å²) in [6, 6.07) is 0. The van der Waals surface area contributed by atoms with Crippen LogP contribution in [0.1, 0.15) is 26.2 Å². The van der Waals surface area contributed by atoms with Crippen LogP contribution in [0.2, 0.25) is 0 Å². The molecule has 1 aliphatic heterocycles. The molecule has 0 spiro atoms. The zero-order valence-electron chi connectivity index (χ0n) is 9.95. The van der Waals surface area contributed by atoms with E-state index in [1.807, 2.05) is 0 Å². The van der Waals surface area contributed by atoms with E-state index >= 15 is 0 Å². The first kappa shape index (κ1) is 13.0. The molecule has 0 radical (unpaired) electrons. The molecule has 0 aromatic heterocycles. The number of hydrogen-bond donors (Lipinski definition) is 0. The zero-order valence-corrected chi connectivity index (χ0v) is 14.0. The molecule has 0 N–H and O–H groups in total. The average Bonchev–Trinajstić information content (AvgIpc) is 2.99. The first-order valence-electron chi connectivity index (χ1n) is 5.61. The van der Waals surface area contributed by atoms with Gasteiger partial charge in [-0.05, 0) is 48.9 Å². The van der Waals surface area contributed by atoms with Crippen molar-refractivity contribution < 1.29 is 16.5 Å². The van der Waals surface area contributed by atoms with E-state index in [0.717, 1.165) is 6.42 Å². The van der Waals surface area contributed by atoms with Crippen LogP contribution in [0.15, 0.2) is 0 Å². The van der Waals surface area contributed by atoms with Crippen LogP contribution in [0.4, 0.5) is 0 Å². The fourth-order valence-electron chi connectivity index (χ4n) is 1.71. The largest absolute Gasteiger partial charge is 0.525 e. The van der Waals surface area contributed by atoms with Gasteiger partial charge in [-0.25, -0.2) is 0 Å². The summed E-state index contributed by atoms with van der Waals surface area (Å²) in [5.41, 5.74) is 0. The lowest BCUT2D eigenvalue weighted by atomic mass is 10.2. The minimum absolute atomic E-state index is 0.683. The van der Waals surface area contributed by atoms with Gasteiger partial charge in [0.25, 0.3) is 0 Å². The molecule has 0 aromatic rings. The Morgan fingerprint density at radius 1 is 1.00 bits per heavy atom. The Bertz CT molecular complexity index is 389. The minimum Gasteiger partial charge on any atom is -0.525 e. The highest BCUT2D eigenvalue weighted by Gasteiger charge is 2.32. The summed E-state index contributed by atoms with van der Waals surface area (Å²) in [6.45, 7) is 2.15. The van der Waals surface area contributed by atoms with Crippen LogP contribution in [-0.4, -0.2) is 59.3 Å². The minimum atomic E-state index is -1.54. The molecule has 92 valence electrons. The molecule has 0 amide bonds. The average molecular weight is 301 g/mol. The molecular weight excluding hydrogens is 284 g/mol. The molecule has 1 heterocycles. The summed E-state index contributed by atoms with van der Waals surface area (Å²) < 4.78 is 22.9. The zero-order chi connectivity index (χ0) is 12.4. The van der Waals surface area contributed by atoms with Crippen molar-refractivity contribution in [3.05, 3.63) is 0 Å². The molecule has 2 aliphatic rings. The molecule has 1 saturated carbocycles. The third-order valence-corrected chi connectivity index (χ3v) is 10.8. The van der Waals surface area contributed by atoms with Gasteiger partial charge in [0.1, 0.15) is 0 Å². The molecule has 1 aliphatic carbocycles. The topological polar surface area (TPSA) is 36.9 Å². The van der Waals surface area contributed by atoms with E-state index in [1.165, 1.54) is 18.0 Å². The standard InChI is InChI=1S/C9H16O4Si4/c1-5-9(8-6-7-8)17-12-15(3)10-14(2)11-16(4)13-17/h8H,2-7H2,1H3. The van der Waals surface area contributed by atoms with Gasteiger partial charge in [-0.1, -0.05) is 6.92 Å². The summed E-state index contributed by atoms with van der Waals surface area (Å²) in [6.07, 6.45) is 15.1. The van der Waals surface area contributed by atoms with E-state index in [-0.39, 0.29) is 0 Å². The molecule has 2 fully saturated rings. The second kappa shape index (κ2) is 5.46. The smallest absolute Gasteiger partial charge is 0.464 e. The van der Waals surface area contributed by atoms with Crippen LogP contribution in [0, 0.1) is 5.92 Å². The molecule has 8 heteroatoms. The summed E-state index contributed by atoms with van der Waals surface area (Å²) >= 11 is 0. The first-order valence-corrected chi connectivity index (χ1v) is 11.5. The molecule has 0 unspecified atom stereocenters. The van der Waals surface area contributed by atoms with E-state index in [0.29, 0.717) is 5.92 Å². The van der Waals surface area contributed by atoms with Crippen molar-refractivity contribution in [3.8, 4) is 0 Å². The van der Waals surface area contributed by atoms with Crippen molar-refractivity contribution in [1.29, 1.82) is 0 Å². The van der Waals surface area contributed by atoms with Crippen molar-refractivity contribution in [1.82, 2.24) is 0 Å². The van der Waals surface area contributed by atoms with Gasteiger partial charge in [-0.2, -0.15) is 0 Å². The Balaban J connectivity index is 2.22. The molecule has 0 bridgehead atoms. The third kappa shape index (κ3) is 3.50. The van der Waals surface area contributed by atoms with Gasteiger partial charge in [0.05, 0.1) is 0 Å². The van der Waals surface area contributed by atoms with Crippen LogP contribution in [0.3, 0.4) is 0 Å². The van der Waals surface area contributed by atoms with Crippen molar-refractivity contribution in [2.75, 3.05) is 0 Å². The Morgan fingerprint density at radius 2 is 1.47 bits per heavy atom. The second-order valence-electron chi connectivity index (χ2n) is 3.96. The lowest BCUT2D eigenvalue weighted by molar-refractivity contribution is 0.333. The van der Waals surface area contributed by atoms with E-state index in [4.69, 9.17) is 16.5 Å². The molecular formula is C9H16O4Si4. The number of hydrogen-bond acceptors (Lipinski definition) is 4.